The Labute approximate surface area is 163 Å². The van der Waals surface area contributed by atoms with Gasteiger partial charge in [-0.3, -0.25) is 4.98 Å². The number of aryl methyl sites for hydroxylation is 1. The van der Waals surface area contributed by atoms with Gasteiger partial charge in [0.2, 0.25) is 0 Å². The summed E-state index contributed by atoms with van der Waals surface area (Å²) in [4.78, 5) is 4.40. The first-order valence-electron chi connectivity index (χ1n) is 8.39. The molecule has 3 rings (SSSR count). The van der Waals surface area contributed by atoms with Crippen LogP contribution in [0.15, 0.2) is 54.7 Å². The lowest BCUT2D eigenvalue weighted by Crippen LogP contribution is -2.29. The fraction of sp³-hybridized carbons (Fsp3) is 0.200. The molecule has 0 aliphatic heterocycles. The van der Waals surface area contributed by atoms with E-state index in [0.717, 1.165) is 52.3 Å². The number of methoxy groups -OCH3 is 1. The normalized spacial score (nSPS) is 10.5. The molecule has 0 aliphatic carbocycles. The largest absolute Gasteiger partial charge is 0.494 e. The fourth-order valence-electron chi connectivity index (χ4n) is 2.77. The van der Waals surface area contributed by atoms with Crippen molar-refractivity contribution in [2.45, 2.75) is 12.8 Å². The van der Waals surface area contributed by atoms with Gasteiger partial charge in [-0.15, -0.1) is 0 Å². The molecule has 0 saturated carbocycles. The molecule has 0 bridgehead atoms. The van der Waals surface area contributed by atoms with Gasteiger partial charge in [-0.2, -0.15) is 0 Å². The van der Waals surface area contributed by atoms with E-state index in [9.17, 15) is 0 Å². The quantitative estimate of drug-likeness (QED) is 0.470. The van der Waals surface area contributed by atoms with Crippen LogP contribution in [0, 0.1) is 0 Å². The van der Waals surface area contributed by atoms with Gasteiger partial charge in [0.1, 0.15) is 11.3 Å². The van der Waals surface area contributed by atoms with E-state index in [4.69, 9.17) is 28.6 Å². The third kappa shape index (κ3) is 4.42. The van der Waals surface area contributed by atoms with Crippen molar-refractivity contribution in [3.63, 3.8) is 0 Å². The van der Waals surface area contributed by atoms with Gasteiger partial charge < -0.3 is 15.4 Å². The Morgan fingerprint density at radius 3 is 2.81 bits per heavy atom. The number of benzene rings is 2. The van der Waals surface area contributed by atoms with Crippen LogP contribution in [0.4, 0.5) is 5.69 Å². The molecule has 6 heteroatoms. The summed E-state index contributed by atoms with van der Waals surface area (Å²) in [6, 6.07) is 15.6. The zero-order valence-corrected chi connectivity index (χ0v) is 16.0. The average Bonchev–Trinajstić information content (AvgIpc) is 2.67. The molecule has 4 nitrogen and oxygen atoms in total. The van der Waals surface area contributed by atoms with Crippen LogP contribution in [0.5, 0.6) is 5.75 Å². The summed E-state index contributed by atoms with van der Waals surface area (Å²) >= 11 is 11.6. The van der Waals surface area contributed by atoms with Crippen molar-refractivity contribution < 1.29 is 4.74 Å². The molecule has 0 unspecified atom stereocenters. The molecule has 1 aromatic heterocycles. The summed E-state index contributed by atoms with van der Waals surface area (Å²) in [6.07, 6.45) is 3.60. The molecule has 2 N–H and O–H groups in total. The molecule has 0 atom stereocenters. The number of rotatable bonds is 6. The number of pyridine rings is 1. The Bertz CT molecular complexity index is 916. The smallest absolute Gasteiger partial charge is 0.170 e. The standard InChI is InChI=1S/C20H20ClN3OS/c1-25-18-11-10-17(15-8-5-12-22-19(15)18)24-20(26)23-13-4-7-14-6-2-3-9-16(14)21/h2-3,5-6,8-12H,4,7,13H2,1H3,(H2,23,24,26). The lowest BCUT2D eigenvalue weighted by molar-refractivity contribution is 0.419. The third-order valence-electron chi connectivity index (χ3n) is 4.07. The van der Waals surface area contributed by atoms with Crippen LogP contribution in [0.1, 0.15) is 12.0 Å². The molecule has 26 heavy (non-hydrogen) atoms. The molecule has 0 amide bonds. The first kappa shape index (κ1) is 18.4. The number of ether oxygens (including phenoxy) is 1. The molecule has 0 radical (unpaired) electrons. The van der Waals surface area contributed by atoms with Crippen LogP contribution in [0.25, 0.3) is 10.9 Å². The molecule has 3 aromatic rings. The van der Waals surface area contributed by atoms with E-state index in [-0.39, 0.29) is 0 Å². The molecule has 0 aliphatic rings. The van der Waals surface area contributed by atoms with Crippen LogP contribution in [0.2, 0.25) is 5.02 Å². The van der Waals surface area contributed by atoms with E-state index in [2.05, 4.69) is 21.7 Å². The van der Waals surface area contributed by atoms with Gasteiger partial charge in [-0.25, -0.2) is 0 Å². The van der Waals surface area contributed by atoms with Gasteiger partial charge in [0.25, 0.3) is 0 Å². The highest BCUT2D eigenvalue weighted by atomic mass is 35.5. The first-order valence-corrected chi connectivity index (χ1v) is 9.17. The molecule has 2 aromatic carbocycles. The Morgan fingerprint density at radius 1 is 1.15 bits per heavy atom. The maximum atomic E-state index is 6.18. The van der Waals surface area contributed by atoms with Gasteiger partial charge in [0, 0.05) is 28.8 Å². The van der Waals surface area contributed by atoms with Gasteiger partial charge in [0.15, 0.2) is 5.11 Å². The highest BCUT2D eigenvalue weighted by molar-refractivity contribution is 7.80. The minimum atomic E-state index is 0.583. The number of aromatic nitrogens is 1. The summed E-state index contributed by atoms with van der Waals surface area (Å²) in [5.74, 6) is 0.741. The van der Waals surface area contributed by atoms with Crippen LogP contribution < -0.4 is 15.4 Å². The highest BCUT2D eigenvalue weighted by Crippen LogP contribution is 2.29. The average molecular weight is 386 g/mol. The van der Waals surface area contributed by atoms with E-state index in [1.165, 1.54) is 0 Å². The minimum absolute atomic E-state index is 0.583. The van der Waals surface area contributed by atoms with Crippen molar-refractivity contribution in [1.82, 2.24) is 10.3 Å². The Morgan fingerprint density at radius 2 is 2.00 bits per heavy atom. The lowest BCUT2D eigenvalue weighted by atomic mass is 10.1. The van der Waals surface area contributed by atoms with E-state index in [1.807, 2.05) is 42.5 Å². The van der Waals surface area contributed by atoms with Gasteiger partial charge in [-0.1, -0.05) is 29.8 Å². The Kier molecular flexibility index (Phi) is 6.26. The monoisotopic (exact) mass is 385 g/mol. The number of nitrogens with one attached hydrogen (secondary N) is 2. The summed E-state index contributed by atoms with van der Waals surface area (Å²) in [7, 11) is 1.64. The SMILES string of the molecule is COc1ccc(NC(=S)NCCCc2ccccc2Cl)c2cccnc12. The van der Waals surface area contributed by atoms with E-state index < -0.39 is 0 Å². The number of fused-ring (bicyclic) bond motifs is 1. The number of hydrogen-bond donors (Lipinski definition) is 2. The molecule has 0 fully saturated rings. The van der Waals surface area contributed by atoms with Gasteiger partial charge >= 0.3 is 0 Å². The topological polar surface area (TPSA) is 46.2 Å². The van der Waals surface area contributed by atoms with E-state index >= 15 is 0 Å². The molecule has 134 valence electrons. The van der Waals surface area contributed by atoms with Gasteiger partial charge in [0.05, 0.1) is 7.11 Å². The van der Waals surface area contributed by atoms with Crippen LogP contribution in [-0.2, 0) is 6.42 Å². The van der Waals surface area contributed by atoms with Crippen LogP contribution in [0.3, 0.4) is 0 Å². The lowest BCUT2D eigenvalue weighted by Gasteiger charge is -2.14. The minimum Gasteiger partial charge on any atom is -0.494 e. The maximum absolute atomic E-state index is 6.18. The molecule has 0 spiro atoms. The zero-order valence-electron chi connectivity index (χ0n) is 14.5. The summed E-state index contributed by atoms with van der Waals surface area (Å²) in [5.41, 5.74) is 2.86. The number of hydrogen-bond acceptors (Lipinski definition) is 3. The summed E-state index contributed by atoms with van der Waals surface area (Å²) in [6.45, 7) is 0.767. The second-order valence-corrected chi connectivity index (χ2v) is 6.61. The number of thiocarbonyl (C=S) groups is 1. The van der Waals surface area contributed by atoms with Crippen molar-refractivity contribution in [3.05, 3.63) is 65.3 Å². The second-order valence-electron chi connectivity index (χ2n) is 5.79. The molecular formula is C20H20ClN3OS. The summed E-state index contributed by atoms with van der Waals surface area (Å²) < 4.78 is 5.37. The third-order valence-corrected chi connectivity index (χ3v) is 4.68. The van der Waals surface area contributed by atoms with Crippen LogP contribution >= 0.6 is 23.8 Å². The molecule has 1 heterocycles. The second kappa shape index (κ2) is 8.83. The molecular weight excluding hydrogens is 366 g/mol. The Balaban J connectivity index is 1.57. The zero-order chi connectivity index (χ0) is 18.4. The fourth-order valence-corrected chi connectivity index (χ4v) is 3.21. The van der Waals surface area contributed by atoms with Crippen molar-refractivity contribution in [3.8, 4) is 5.75 Å². The first-order chi connectivity index (χ1) is 12.7. The number of nitrogens with zero attached hydrogens (tertiary/aromatic N) is 1. The predicted molar refractivity (Wildman–Crippen MR) is 112 cm³/mol. The van der Waals surface area contributed by atoms with E-state index in [1.54, 1.807) is 13.3 Å². The van der Waals surface area contributed by atoms with Crippen molar-refractivity contribution in [2.75, 3.05) is 19.0 Å². The predicted octanol–water partition coefficient (Wildman–Crippen LogP) is 4.82. The highest BCUT2D eigenvalue weighted by Gasteiger charge is 2.08. The van der Waals surface area contributed by atoms with Crippen molar-refractivity contribution in [1.29, 1.82) is 0 Å². The van der Waals surface area contributed by atoms with E-state index in [0.29, 0.717) is 5.11 Å². The van der Waals surface area contributed by atoms with Crippen molar-refractivity contribution >= 4 is 45.5 Å². The van der Waals surface area contributed by atoms with Crippen molar-refractivity contribution in [2.24, 2.45) is 0 Å². The Hall–Kier alpha value is -2.37. The number of halogens is 1. The van der Waals surface area contributed by atoms with Gasteiger partial charge in [-0.05, 0) is 61.0 Å². The maximum Gasteiger partial charge on any atom is 0.170 e. The summed E-state index contributed by atoms with van der Waals surface area (Å²) in [5, 5.41) is 8.84. The van der Waals surface area contributed by atoms with Crippen LogP contribution in [-0.4, -0.2) is 23.8 Å². The molecule has 0 saturated heterocycles. The number of anilines is 1.